The SMILES string of the molecule is CC(=O)N(C)c1ccc(NS(=O)(=O)c2ccc(Cl)c(C)c2)cc1. The summed E-state index contributed by atoms with van der Waals surface area (Å²) in [5, 5.41) is 0.514. The summed E-state index contributed by atoms with van der Waals surface area (Å²) in [5.74, 6) is -0.102. The topological polar surface area (TPSA) is 66.5 Å². The van der Waals surface area contributed by atoms with Crippen molar-refractivity contribution in [2.75, 3.05) is 16.7 Å². The highest BCUT2D eigenvalue weighted by atomic mass is 35.5. The van der Waals surface area contributed by atoms with Crippen LogP contribution in [0.5, 0.6) is 0 Å². The average Bonchev–Trinajstić information content (AvgIpc) is 2.49. The summed E-state index contributed by atoms with van der Waals surface area (Å²) < 4.78 is 27.2. The van der Waals surface area contributed by atoms with Crippen LogP contribution in [0.1, 0.15) is 12.5 Å². The molecule has 0 bridgehead atoms. The van der Waals surface area contributed by atoms with E-state index in [0.717, 1.165) is 0 Å². The molecule has 2 aromatic rings. The Bertz CT molecular complexity index is 833. The van der Waals surface area contributed by atoms with Crippen LogP contribution in [-0.2, 0) is 14.8 Å². The van der Waals surface area contributed by atoms with Crippen molar-refractivity contribution in [3.63, 3.8) is 0 Å². The maximum absolute atomic E-state index is 12.4. The summed E-state index contributed by atoms with van der Waals surface area (Å²) in [7, 11) is -2.04. The van der Waals surface area contributed by atoms with Gasteiger partial charge in [-0.15, -0.1) is 0 Å². The number of nitrogens with zero attached hydrogens (tertiary/aromatic N) is 1. The van der Waals surface area contributed by atoms with Gasteiger partial charge in [0, 0.05) is 30.4 Å². The minimum atomic E-state index is -3.69. The van der Waals surface area contributed by atoms with Crippen molar-refractivity contribution in [3.8, 4) is 0 Å². The van der Waals surface area contributed by atoms with E-state index in [2.05, 4.69) is 4.72 Å². The molecular formula is C16H17ClN2O3S. The molecule has 1 N–H and O–H groups in total. The minimum absolute atomic E-state index is 0.102. The summed E-state index contributed by atoms with van der Waals surface area (Å²) in [6.45, 7) is 3.20. The van der Waals surface area contributed by atoms with Crippen molar-refractivity contribution in [1.29, 1.82) is 0 Å². The van der Waals surface area contributed by atoms with Gasteiger partial charge in [-0.25, -0.2) is 8.42 Å². The van der Waals surface area contributed by atoms with Gasteiger partial charge >= 0.3 is 0 Å². The molecule has 0 unspecified atom stereocenters. The van der Waals surface area contributed by atoms with Crippen LogP contribution in [0.15, 0.2) is 47.4 Å². The lowest BCUT2D eigenvalue weighted by Crippen LogP contribution is -2.22. The molecule has 2 aromatic carbocycles. The molecule has 0 aliphatic carbocycles. The molecule has 0 spiro atoms. The number of hydrogen-bond acceptors (Lipinski definition) is 3. The van der Waals surface area contributed by atoms with Crippen molar-refractivity contribution < 1.29 is 13.2 Å². The van der Waals surface area contributed by atoms with E-state index < -0.39 is 10.0 Å². The van der Waals surface area contributed by atoms with E-state index in [4.69, 9.17) is 11.6 Å². The first kappa shape index (κ1) is 17.3. The summed E-state index contributed by atoms with van der Waals surface area (Å²) in [6, 6.07) is 11.1. The second-order valence-electron chi connectivity index (χ2n) is 5.14. The highest BCUT2D eigenvalue weighted by Crippen LogP contribution is 2.23. The molecule has 0 radical (unpaired) electrons. The molecule has 7 heteroatoms. The molecule has 122 valence electrons. The Morgan fingerprint density at radius 1 is 1.13 bits per heavy atom. The number of hydrogen-bond donors (Lipinski definition) is 1. The molecule has 0 aliphatic rings. The number of sulfonamides is 1. The Labute approximate surface area is 140 Å². The van der Waals surface area contributed by atoms with E-state index in [-0.39, 0.29) is 10.8 Å². The molecule has 1 amide bonds. The molecule has 2 rings (SSSR count). The monoisotopic (exact) mass is 352 g/mol. The lowest BCUT2D eigenvalue weighted by atomic mass is 10.2. The second-order valence-corrected chi connectivity index (χ2v) is 7.23. The first-order valence-corrected chi connectivity index (χ1v) is 8.70. The van der Waals surface area contributed by atoms with E-state index in [1.807, 2.05) is 0 Å². The predicted octanol–water partition coefficient (Wildman–Crippen LogP) is 3.43. The Kier molecular flexibility index (Phi) is 4.97. The van der Waals surface area contributed by atoms with Gasteiger partial charge in [-0.2, -0.15) is 0 Å². The quantitative estimate of drug-likeness (QED) is 0.916. The van der Waals surface area contributed by atoms with Crippen LogP contribution in [0.25, 0.3) is 0 Å². The zero-order valence-corrected chi connectivity index (χ0v) is 14.6. The number of carbonyl (C=O) groups excluding carboxylic acids is 1. The third kappa shape index (κ3) is 4.03. The van der Waals surface area contributed by atoms with Crippen LogP contribution in [0.4, 0.5) is 11.4 Å². The van der Waals surface area contributed by atoms with Crippen LogP contribution >= 0.6 is 11.6 Å². The van der Waals surface area contributed by atoms with Gasteiger partial charge in [-0.1, -0.05) is 11.6 Å². The summed E-state index contributed by atoms with van der Waals surface area (Å²) >= 11 is 5.92. The van der Waals surface area contributed by atoms with Crippen LogP contribution < -0.4 is 9.62 Å². The van der Waals surface area contributed by atoms with Gasteiger partial charge in [0.1, 0.15) is 0 Å². The van der Waals surface area contributed by atoms with Crippen LogP contribution in [0.3, 0.4) is 0 Å². The third-order valence-electron chi connectivity index (χ3n) is 3.42. The lowest BCUT2D eigenvalue weighted by Gasteiger charge is -2.15. The van der Waals surface area contributed by atoms with Crippen molar-refractivity contribution in [2.45, 2.75) is 18.7 Å². The minimum Gasteiger partial charge on any atom is -0.316 e. The van der Waals surface area contributed by atoms with Crippen molar-refractivity contribution in [3.05, 3.63) is 53.1 Å². The fraction of sp³-hybridized carbons (Fsp3) is 0.188. The number of anilines is 2. The molecule has 0 aromatic heterocycles. The molecule has 0 heterocycles. The van der Waals surface area contributed by atoms with Gasteiger partial charge in [-0.05, 0) is 55.0 Å². The average molecular weight is 353 g/mol. The highest BCUT2D eigenvalue weighted by Gasteiger charge is 2.15. The van der Waals surface area contributed by atoms with Gasteiger partial charge in [0.25, 0.3) is 10.0 Å². The number of aryl methyl sites for hydroxylation is 1. The maximum Gasteiger partial charge on any atom is 0.261 e. The zero-order chi connectivity index (χ0) is 17.2. The summed E-state index contributed by atoms with van der Waals surface area (Å²) in [6.07, 6.45) is 0. The van der Waals surface area contributed by atoms with Gasteiger partial charge in [0.05, 0.1) is 4.90 Å². The molecule has 0 fully saturated rings. The first-order valence-electron chi connectivity index (χ1n) is 6.84. The van der Waals surface area contributed by atoms with E-state index in [9.17, 15) is 13.2 Å². The number of rotatable bonds is 4. The summed E-state index contributed by atoms with van der Waals surface area (Å²) in [5.41, 5.74) is 1.79. The Hall–Kier alpha value is -2.05. The fourth-order valence-electron chi connectivity index (χ4n) is 1.93. The molecule has 0 aliphatic heterocycles. The van der Waals surface area contributed by atoms with Gasteiger partial charge in [0.2, 0.25) is 5.91 Å². The number of nitrogens with one attached hydrogen (secondary N) is 1. The standard InChI is InChI=1S/C16H17ClN2O3S/c1-11-10-15(8-9-16(11)17)23(21,22)18-13-4-6-14(7-5-13)19(3)12(2)20/h4-10,18H,1-3H3. The molecule has 0 saturated carbocycles. The number of benzene rings is 2. The van der Waals surface area contributed by atoms with Gasteiger partial charge in [-0.3, -0.25) is 9.52 Å². The number of carbonyl (C=O) groups is 1. The molecule has 5 nitrogen and oxygen atoms in total. The summed E-state index contributed by atoms with van der Waals surface area (Å²) in [4.78, 5) is 12.9. The Balaban J connectivity index is 2.23. The van der Waals surface area contributed by atoms with E-state index in [0.29, 0.717) is 22.0 Å². The van der Waals surface area contributed by atoms with Gasteiger partial charge < -0.3 is 4.90 Å². The van der Waals surface area contributed by atoms with E-state index in [1.54, 1.807) is 44.3 Å². The molecule has 0 atom stereocenters. The highest BCUT2D eigenvalue weighted by molar-refractivity contribution is 7.92. The van der Waals surface area contributed by atoms with Crippen LogP contribution in [0, 0.1) is 6.92 Å². The largest absolute Gasteiger partial charge is 0.316 e. The van der Waals surface area contributed by atoms with E-state index in [1.165, 1.54) is 24.0 Å². The van der Waals surface area contributed by atoms with Gasteiger partial charge in [0.15, 0.2) is 0 Å². The second kappa shape index (κ2) is 6.60. The zero-order valence-electron chi connectivity index (χ0n) is 13.0. The smallest absolute Gasteiger partial charge is 0.261 e. The Morgan fingerprint density at radius 2 is 1.74 bits per heavy atom. The maximum atomic E-state index is 12.4. The van der Waals surface area contributed by atoms with Crippen molar-refractivity contribution in [2.24, 2.45) is 0 Å². The number of halogens is 1. The molecular weight excluding hydrogens is 336 g/mol. The predicted molar refractivity (Wildman–Crippen MR) is 92.5 cm³/mol. The van der Waals surface area contributed by atoms with Crippen molar-refractivity contribution in [1.82, 2.24) is 0 Å². The van der Waals surface area contributed by atoms with Crippen molar-refractivity contribution >= 4 is 38.9 Å². The van der Waals surface area contributed by atoms with Crippen LogP contribution in [-0.4, -0.2) is 21.4 Å². The fourth-order valence-corrected chi connectivity index (χ4v) is 3.19. The van der Waals surface area contributed by atoms with Crippen LogP contribution in [0.2, 0.25) is 5.02 Å². The van der Waals surface area contributed by atoms with E-state index >= 15 is 0 Å². The lowest BCUT2D eigenvalue weighted by molar-refractivity contribution is -0.116. The third-order valence-corrected chi connectivity index (χ3v) is 5.22. The molecule has 23 heavy (non-hydrogen) atoms. The first-order chi connectivity index (χ1) is 10.7. The Morgan fingerprint density at radius 3 is 2.26 bits per heavy atom. The normalized spacial score (nSPS) is 11.1. The number of amides is 1. The molecule has 0 saturated heterocycles.